The van der Waals surface area contributed by atoms with Gasteiger partial charge in [0.15, 0.2) is 5.43 Å². The van der Waals surface area contributed by atoms with Gasteiger partial charge in [0.25, 0.3) is 0 Å². The van der Waals surface area contributed by atoms with Crippen LogP contribution in [0.4, 0.5) is 0 Å². The number of aromatic nitrogens is 1. The highest BCUT2D eigenvalue weighted by molar-refractivity contribution is 5.80. The molecule has 0 unspecified atom stereocenters. The van der Waals surface area contributed by atoms with E-state index in [-0.39, 0.29) is 5.43 Å². The van der Waals surface area contributed by atoms with Gasteiger partial charge in [-0.3, -0.25) is 14.6 Å². The number of unbranched alkanes of at least 4 members (excludes halogenated alkanes) is 1. The number of hydrogen-bond donors (Lipinski definition) is 1. The summed E-state index contributed by atoms with van der Waals surface area (Å²) in [4.78, 5) is 21.7. The highest BCUT2D eigenvalue weighted by Gasteiger charge is 2.19. The normalized spacial score (nSPS) is 15.7. The minimum Gasteiger partial charge on any atom is -0.358 e. The molecule has 4 nitrogen and oxygen atoms in total. The number of aryl methyl sites for hydroxylation is 2. The van der Waals surface area contributed by atoms with Gasteiger partial charge in [-0.15, -0.1) is 0 Å². The minimum absolute atomic E-state index is 0.200. The molecule has 1 aromatic heterocycles. The standard InChI is InChI=1S/C26H33N3O/c1-3-4-8-21-11-12-25-23(17-21)26(30)24(20(2)27-25)19-29-15-13-28(14-16-29)18-22-9-6-5-7-10-22/h5-7,9-12,17H,3-4,8,13-16,18-19H2,1-2H3,(H,27,30). The van der Waals surface area contributed by atoms with Gasteiger partial charge in [-0.1, -0.05) is 49.7 Å². The molecule has 2 heterocycles. The van der Waals surface area contributed by atoms with Gasteiger partial charge in [0, 0.05) is 61.4 Å². The number of H-pyrrole nitrogens is 1. The van der Waals surface area contributed by atoms with Crippen LogP contribution in [0.5, 0.6) is 0 Å². The average molecular weight is 404 g/mol. The Morgan fingerprint density at radius 1 is 0.900 bits per heavy atom. The zero-order chi connectivity index (χ0) is 20.9. The predicted octanol–water partition coefficient (Wildman–Crippen LogP) is 4.50. The molecule has 4 rings (SSSR count). The number of piperazine rings is 1. The maximum atomic E-state index is 13.3. The first kappa shape index (κ1) is 20.8. The first-order valence-corrected chi connectivity index (χ1v) is 11.3. The van der Waals surface area contributed by atoms with E-state index in [2.05, 4.69) is 70.2 Å². The molecule has 1 aliphatic rings. The summed E-state index contributed by atoms with van der Waals surface area (Å²) in [6, 6.07) is 17.0. The maximum Gasteiger partial charge on any atom is 0.194 e. The molecule has 2 aromatic carbocycles. The van der Waals surface area contributed by atoms with Gasteiger partial charge in [0.1, 0.15) is 0 Å². The van der Waals surface area contributed by atoms with Gasteiger partial charge in [-0.05, 0) is 43.0 Å². The molecular formula is C26H33N3O. The van der Waals surface area contributed by atoms with Crippen LogP contribution in [0.1, 0.15) is 42.1 Å². The smallest absolute Gasteiger partial charge is 0.194 e. The summed E-state index contributed by atoms with van der Waals surface area (Å²) in [6.45, 7) is 10.1. The number of rotatable bonds is 7. The molecule has 1 saturated heterocycles. The van der Waals surface area contributed by atoms with Gasteiger partial charge in [-0.25, -0.2) is 0 Å². The number of benzene rings is 2. The molecule has 1 aliphatic heterocycles. The number of fused-ring (bicyclic) bond motifs is 1. The largest absolute Gasteiger partial charge is 0.358 e. The number of nitrogens with one attached hydrogen (secondary N) is 1. The first-order valence-electron chi connectivity index (χ1n) is 11.3. The van der Waals surface area contributed by atoms with Crippen molar-refractivity contribution in [1.82, 2.24) is 14.8 Å². The van der Waals surface area contributed by atoms with E-state index < -0.39 is 0 Å². The lowest BCUT2D eigenvalue weighted by molar-refractivity contribution is 0.121. The van der Waals surface area contributed by atoms with Crippen molar-refractivity contribution in [1.29, 1.82) is 0 Å². The van der Waals surface area contributed by atoms with Crippen molar-refractivity contribution >= 4 is 10.9 Å². The molecule has 3 aromatic rings. The van der Waals surface area contributed by atoms with E-state index in [4.69, 9.17) is 0 Å². The Morgan fingerprint density at radius 3 is 2.30 bits per heavy atom. The molecule has 158 valence electrons. The van der Waals surface area contributed by atoms with Gasteiger partial charge in [0.05, 0.1) is 0 Å². The molecule has 30 heavy (non-hydrogen) atoms. The van der Waals surface area contributed by atoms with Gasteiger partial charge >= 0.3 is 0 Å². The zero-order valence-corrected chi connectivity index (χ0v) is 18.3. The van der Waals surface area contributed by atoms with E-state index in [0.717, 1.165) is 74.3 Å². The second-order valence-electron chi connectivity index (χ2n) is 8.58. The summed E-state index contributed by atoms with van der Waals surface area (Å²) in [5.74, 6) is 0. The predicted molar refractivity (Wildman–Crippen MR) is 125 cm³/mol. The van der Waals surface area contributed by atoms with Crippen molar-refractivity contribution in [3.05, 3.63) is 81.1 Å². The Labute approximate surface area is 179 Å². The van der Waals surface area contributed by atoms with E-state index >= 15 is 0 Å². The quantitative estimate of drug-likeness (QED) is 0.631. The first-order chi connectivity index (χ1) is 14.6. The van der Waals surface area contributed by atoms with Crippen LogP contribution in [0.3, 0.4) is 0 Å². The van der Waals surface area contributed by atoms with Gasteiger partial charge < -0.3 is 4.98 Å². The molecule has 1 fully saturated rings. The van der Waals surface area contributed by atoms with Crippen molar-refractivity contribution in [2.45, 2.75) is 46.2 Å². The number of aromatic amines is 1. The summed E-state index contributed by atoms with van der Waals surface area (Å²) in [5, 5.41) is 0.840. The summed E-state index contributed by atoms with van der Waals surface area (Å²) >= 11 is 0. The van der Waals surface area contributed by atoms with E-state index in [0.29, 0.717) is 0 Å². The second kappa shape index (κ2) is 9.59. The third kappa shape index (κ3) is 4.82. The van der Waals surface area contributed by atoms with Crippen molar-refractivity contribution in [3.63, 3.8) is 0 Å². The molecule has 0 amide bonds. The van der Waals surface area contributed by atoms with Crippen LogP contribution in [0.15, 0.2) is 53.3 Å². The minimum atomic E-state index is 0.200. The second-order valence-corrected chi connectivity index (χ2v) is 8.58. The lowest BCUT2D eigenvalue weighted by atomic mass is 10.0. The average Bonchev–Trinajstić information content (AvgIpc) is 2.77. The van der Waals surface area contributed by atoms with Crippen molar-refractivity contribution in [2.24, 2.45) is 0 Å². The SMILES string of the molecule is CCCCc1ccc2[nH]c(C)c(CN3CCN(Cc4ccccc4)CC3)c(=O)c2c1. The fraction of sp³-hybridized carbons (Fsp3) is 0.423. The molecule has 0 aliphatic carbocycles. The third-order valence-corrected chi connectivity index (χ3v) is 6.29. The Bertz CT molecular complexity index is 1030. The summed E-state index contributed by atoms with van der Waals surface area (Å²) in [6.07, 6.45) is 3.37. The van der Waals surface area contributed by atoms with E-state index in [1.54, 1.807) is 0 Å². The molecule has 1 N–H and O–H groups in total. The topological polar surface area (TPSA) is 39.3 Å². The highest BCUT2D eigenvalue weighted by Crippen LogP contribution is 2.17. The van der Waals surface area contributed by atoms with Gasteiger partial charge in [-0.2, -0.15) is 0 Å². The molecule has 0 spiro atoms. The fourth-order valence-electron chi connectivity index (χ4n) is 4.40. The van der Waals surface area contributed by atoms with Crippen LogP contribution in [-0.4, -0.2) is 41.0 Å². The van der Waals surface area contributed by atoms with Crippen LogP contribution in [0.25, 0.3) is 10.9 Å². The molecule has 0 saturated carbocycles. The number of pyridine rings is 1. The van der Waals surface area contributed by atoms with Crippen LogP contribution >= 0.6 is 0 Å². The highest BCUT2D eigenvalue weighted by atomic mass is 16.1. The molecular weight excluding hydrogens is 370 g/mol. The zero-order valence-electron chi connectivity index (χ0n) is 18.3. The lowest BCUT2D eigenvalue weighted by Crippen LogP contribution is -2.46. The van der Waals surface area contributed by atoms with Crippen LogP contribution < -0.4 is 5.43 Å². The Morgan fingerprint density at radius 2 is 1.60 bits per heavy atom. The maximum absolute atomic E-state index is 13.3. The van der Waals surface area contributed by atoms with Crippen LogP contribution in [0.2, 0.25) is 0 Å². The molecule has 0 radical (unpaired) electrons. The molecule has 0 bridgehead atoms. The van der Waals surface area contributed by atoms with E-state index in [9.17, 15) is 4.79 Å². The van der Waals surface area contributed by atoms with Crippen molar-refractivity contribution in [2.75, 3.05) is 26.2 Å². The van der Waals surface area contributed by atoms with Crippen molar-refractivity contribution < 1.29 is 0 Å². The van der Waals surface area contributed by atoms with Crippen LogP contribution in [-0.2, 0) is 19.5 Å². The number of hydrogen-bond acceptors (Lipinski definition) is 3. The van der Waals surface area contributed by atoms with Gasteiger partial charge in [0.2, 0.25) is 0 Å². The summed E-state index contributed by atoms with van der Waals surface area (Å²) in [7, 11) is 0. The Kier molecular flexibility index (Phi) is 6.66. The summed E-state index contributed by atoms with van der Waals surface area (Å²) in [5.41, 5.74) is 5.71. The Balaban J connectivity index is 1.45. The fourth-order valence-corrected chi connectivity index (χ4v) is 4.40. The van der Waals surface area contributed by atoms with Crippen molar-refractivity contribution in [3.8, 4) is 0 Å². The molecule has 0 atom stereocenters. The third-order valence-electron chi connectivity index (χ3n) is 6.29. The number of nitrogens with zero attached hydrogens (tertiary/aromatic N) is 2. The van der Waals surface area contributed by atoms with E-state index in [1.165, 1.54) is 17.5 Å². The van der Waals surface area contributed by atoms with E-state index in [1.807, 2.05) is 6.92 Å². The lowest BCUT2D eigenvalue weighted by Gasteiger charge is -2.34. The Hall–Kier alpha value is -2.43. The summed E-state index contributed by atoms with van der Waals surface area (Å²) < 4.78 is 0. The molecule has 4 heteroatoms. The van der Waals surface area contributed by atoms with Crippen LogP contribution in [0, 0.1) is 6.92 Å². The monoisotopic (exact) mass is 403 g/mol.